The third kappa shape index (κ3) is 2.55. The zero-order chi connectivity index (χ0) is 10.7. The van der Waals surface area contributed by atoms with Crippen molar-refractivity contribution >= 4 is 32.9 Å². The van der Waals surface area contributed by atoms with Gasteiger partial charge in [0.05, 0.1) is 18.0 Å². The zero-order valence-electron chi connectivity index (χ0n) is 8.39. The SMILES string of the molecule is COC1=N[C@H](c2ccccc2)[C@@H](Br)CS1. The molecule has 2 nitrogen and oxygen atoms in total. The molecule has 0 saturated carbocycles. The smallest absolute Gasteiger partial charge is 0.246 e. The quantitative estimate of drug-likeness (QED) is 0.739. The van der Waals surface area contributed by atoms with Crippen LogP contribution in [0.25, 0.3) is 0 Å². The van der Waals surface area contributed by atoms with Crippen LogP contribution in [0.4, 0.5) is 0 Å². The number of hydrogen-bond acceptors (Lipinski definition) is 3. The van der Waals surface area contributed by atoms with Crippen LogP contribution >= 0.6 is 27.7 Å². The predicted octanol–water partition coefficient (Wildman–Crippen LogP) is 3.24. The molecule has 1 aliphatic rings. The van der Waals surface area contributed by atoms with Crippen molar-refractivity contribution in [2.45, 2.75) is 10.9 Å². The van der Waals surface area contributed by atoms with Gasteiger partial charge in [0.25, 0.3) is 0 Å². The van der Waals surface area contributed by atoms with Gasteiger partial charge < -0.3 is 4.74 Å². The molecule has 1 aliphatic heterocycles. The molecule has 15 heavy (non-hydrogen) atoms. The molecule has 0 bridgehead atoms. The van der Waals surface area contributed by atoms with Gasteiger partial charge in [0.2, 0.25) is 5.23 Å². The first-order valence-corrected chi connectivity index (χ1v) is 6.65. The molecule has 0 fully saturated rings. The number of aliphatic imine (C=N–C) groups is 1. The molecule has 1 heterocycles. The summed E-state index contributed by atoms with van der Waals surface area (Å²) in [6, 6.07) is 10.5. The standard InChI is InChI=1S/C11H12BrNOS/c1-14-11-13-10(9(12)7-15-11)8-5-3-2-4-6-8/h2-6,9-10H,7H2,1H3/t9-,10+/m0/s1. The fourth-order valence-corrected chi connectivity index (χ4v) is 3.13. The van der Waals surface area contributed by atoms with Gasteiger partial charge in [0, 0.05) is 5.75 Å². The molecule has 4 heteroatoms. The Morgan fingerprint density at radius 2 is 2.13 bits per heavy atom. The van der Waals surface area contributed by atoms with Crippen molar-refractivity contribution in [3.63, 3.8) is 0 Å². The lowest BCUT2D eigenvalue weighted by molar-refractivity contribution is 0.409. The van der Waals surface area contributed by atoms with Crippen molar-refractivity contribution in [1.82, 2.24) is 0 Å². The van der Waals surface area contributed by atoms with E-state index >= 15 is 0 Å². The first kappa shape index (κ1) is 11.0. The van der Waals surface area contributed by atoms with Gasteiger partial charge in [-0.25, -0.2) is 4.99 Å². The van der Waals surface area contributed by atoms with Crippen LogP contribution in [0.5, 0.6) is 0 Å². The van der Waals surface area contributed by atoms with Crippen molar-refractivity contribution in [1.29, 1.82) is 0 Å². The summed E-state index contributed by atoms with van der Waals surface area (Å²) >= 11 is 5.32. The number of ether oxygens (including phenoxy) is 1. The Morgan fingerprint density at radius 3 is 2.80 bits per heavy atom. The van der Waals surface area contributed by atoms with E-state index in [2.05, 4.69) is 33.1 Å². The summed E-state index contributed by atoms with van der Waals surface area (Å²) < 4.78 is 5.18. The lowest BCUT2D eigenvalue weighted by Gasteiger charge is -2.24. The average molecular weight is 286 g/mol. The van der Waals surface area contributed by atoms with Crippen LogP contribution in [0.2, 0.25) is 0 Å². The fourth-order valence-electron chi connectivity index (χ4n) is 1.52. The lowest BCUT2D eigenvalue weighted by atomic mass is 10.1. The number of thioether (sulfide) groups is 1. The molecule has 2 rings (SSSR count). The van der Waals surface area contributed by atoms with E-state index in [1.807, 2.05) is 18.2 Å². The maximum Gasteiger partial charge on any atom is 0.246 e. The number of alkyl halides is 1. The molecule has 0 N–H and O–H groups in total. The first-order chi connectivity index (χ1) is 7.31. The van der Waals surface area contributed by atoms with Crippen LogP contribution in [0.15, 0.2) is 35.3 Å². The van der Waals surface area contributed by atoms with E-state index in [9.17, 15) is 0 Å². The summed E-state index contributed by atoms with van der Waals surface area (Å²) in [5, 5.41) is 0.777. The number of benzene rings is 1. The predicted molar refractivity (Wildman–Crippen MR) is 68.8 cm³/mol. The second-order valence-corrected chi connectivity index (χ2v) is 5.43. The van der Waals surface area contributed by atoms with Crippen molar-refractivity contribution < 1.29 is 4.74 Å². The second kappa shape index (κ2) is 5.03. The molecule has 0 aliphatic carbocycles. The van der Waals surface area contributed by atoms with Crippen molar-refractivity contribution in [3.8, 4) is 0 Å². The molecule has 0 radical (unpaired) electrons. The number of rotatable bonds is 1. The minimum atomic E-state index is 0.169. The van der Waals surface area contributed by atoms with E-state index in [0.29, 0.717) is 4.83 Å². The monoisotopic (exact) mass is 285 g/mol. The molecule has 1 aromatic rings. The molecule has 0 saturated heterocycles. The molecule has 0 spiro atoms. The van der Waals surface area contributed by atoms with Gasteiger partial charge in [-0.2, -0.15) is 0 Å². The van der Waals surface area contributed by atoms with E-state index in [-0.39, 0.29) is 6.04 Å². The summed E-state index contributed by atoms with van der Waals surface area (Å²) in [6.07, 6.45) is 0. The van der Waals surface area contributed by atoms with Crippen molar-refractivity contribution in [3.05, 3.63) is 35.9 Å². The second-order valence-electron chi connectivity index (χ2n) is 3.28. The molecule has 1 aromatic carbocycles. The summed E-state index contributed by atoms with van der Waals surface area (Å²) in [6.45, 7) is 0. The highest BCUT2D eigenvalue weighted by Crippen LogP contribution is 2.34. The summed E-state index contributed by atoms with van der Waals surface area (Å²) in [7, 11) is 1.67. The van der Waals surface area contributed by atoms with Crippen LogP contribution in [-0.4, -0.2) is 22.9 Å². The van der Waals surface area contributed by atoms with Gasteiger partial charge in [-0.15, -0.1) is 0 Å². The van der Waals surface area contributed by atoms with E-state index in [4.69, 9.17) is 4.74 Å². The van der Waals surface area contributed by atoms with Gasteiger partial charge in [-0.3, -0.25) is 0 Å². The first-order valence-electron chi connectivity index (χ1n) is 4.75. The Balaban J connectivity index is 2.27. The number of hydrogen-bond donors (Lipinski definition) is 0. The van der Waals surface area contributed by atoms with Gasteiger partial charge in [-0.05, 0) is 5.56 Å². The molecule has 80 valence electrons. The van der Waals surface area contributed by atoms with E-state index in [1.165, 1.54) is 5.56 Å². The molecular weight excluding hydrogens is 274 g/mol. The Morgan fingerprint density at radius 1 is 1.40 bits per heavy atom. The number of nitrogens with zero attached hydrogens (tertiary/aromatic N) is 1. The maximum atomic E-state index is 5.18. The van der Waals surface area contributed by atoms with Gasteiger partial charge >= 0.3 is 0 Å². The molecule has 0 unspecified atom stereocenters. The Hall–Kier alpha value is -0.480. The Kier molecular flexibility index (Phi) is 3.70. The maximum absolute atomic E-state index is 5.18. The van der Waals surface area contributed by atoms with Crippen molar-refractivity contribution in [2.24, 2.45) is 4.99 Å². The minimum Gasteiger partial charge on any atom is -0.476 e. The lowest BCUT2D eigenvalue weighted by Crippen LogP contribution is -2.21. The van der Waals surface area contributed by atoms with Crippen LogP contribution in [0, 0.1) is 0 Å². The van der Waals surface area contributed by atoms with Crippen LogP contribution in [0.1, 0.15) is 11.6 Å². The topological polar surface area (TPSA) is 21.6 Å². The third-order valence-corrected chi connectivity index (χ3v) is 4.57. The van der Waals surface area contributed by atoms with Gasteiger partial charge in [0.15, 0.2) is 0 Å². The van der Waals surface area contributed by atoms with Crippen molar-refractivity contribution in [2.75, 3.05) is 12.9 Å². The van der Waals surface area contributed by atoms with E-state index in [0.717, 1.165) is 11.0 Å². The van der Waals surface area contributed by atoms with Crippen LogP contribution in [0.3, 0.4) is 0 Å². The molecule has 0 amide bonds. The largest absolute Gasteiger partial charge is 0.476 e. The highest BCUT2D eigenvalue weighted by Gasteiger charge is 2.26. The van der Waals surface area contributed by atoms with E-state index < -0.39 is 0 Å². The third-order valence-electron chi connectivity index (χ3n) is 2.27. The van der Waals surface area contributed by atoms with Gasteiger partial charge in [0.1, 0.15) is 0 Å². The highest BCUT2D eigenvalue weighted by atomic mass is 79.9. The molecule has 2 atom stereocenters. The highest BCUT2D eigenvalue weighted by molar-refractivity contribution is 9.09. The summed E-state index contributed by atoms with van der Waals surface area (Å²) in [4.78, 5) is 4.94. The van der Waals surface area contributed by atoms with Gasteiger partial charge in [-0.1, -0.05) is 58.0 Å². The molecular formula is C11H12BrNOS. The Labute approximate surface area is 102 Å². The summed E-state index contributed by atoms with van der Waals surface area (Å²) in [5.74, 6) is 0.992. The van der Waals surface area contributed by atoms with Crippen LogP contribution in [-0.2, 0) is 4.74 Å². The van der Waals surface area contributed by atoms with E-state index in [1.54, 1.807) is 18.9 Å². The Bertz CT molecular complexity index is 355. The molecule has 0 aromatic heterocycles. The number of halogens is 1. The fraction of sp³-hybridized carbons (Fsp3) is 0.364. The normalized spacial score (nSPS) is 25.9. The van der Waals surface area contributed by atoms with Crippen LogP contribution < -0.4 is 0 Å². The average Bonchev–Trinajstić information content (AvgIpc) is 2.31. The minimum absolute atomic E-state index is 0.169. The zero-order valence-corrected chi connectivity index (χ0v) is 10.8. The summed E-state index contributed by atoms with van der Waals surface area (Å²) in [5.41, 5.74) is 1.23. The number of methoxy groups -OCH3 is 1.